The van der Waals surface area contributed by atoms with Gasteiger partial charge in [-0.25, -0.2) is 13.4 Å². The highest BCUT2D eigenvalue weighted by Crippen LogP contribution is 2.29. The lowest BCUT2D eigenvalue weighted by atomic mass is 10.1. The highest BCUT2D eigenvalue weighted by molar-refractivity contribution is 9.11. The van der Waals surface area contributed by atoms with Crippen molar-refractivity contribution in [2.75, 3.05) is 10.5 Å². The molecular formula is C13H16BrN3O2S2. The Bertz CT molecular complexity index is 757. The lowest BCUT2D eigenvalue weighted by Crippen LogP contribution is -2.16. The molecule has 114 valence electrons. The molecule has 0 atom stereocenters. The number of benzene rings is 1. The van der Waals surface area contributed by atoms with E-state index >= 15 is 0 Å². The number of aryl methyl sites for hydroxylation is 1. The molecule has 0 aliphatic carbocycles. The van der Waals surface area contributed by atoms with Crippen molar-refractivity contribution in [3.63, 3.8) is 0 Å². The van der Waals surface area contributed by atoms with E-state index in [-0.39, 0.29) is 4.90 Å². The van der Waals surface area contributed by atoms with Gasteiger partial charge >= 0.3 is 0 Å². The van der Waals surface area contributed by atoms with Crippen molar-refractivity contribution in [3.05, 3.63) is 33.2 Å². The molecule has 3 N–H and O–H groups in total. The van der Waals surface area contributed by atoms with Gasteiger partial charge < -0.3 is 5.73 Å². The zero-order valence-electron chi connectivity index (χ0n) is 11.7. The summed E-state index contributed by atoms with van der Waals surface area (Å²) in [7, 11) is -3.70. The molecule has 0 amide bonds. The molecule has 0 aliphatic heterocycles. The minimum Gasteiger partial charge on any atom is -0.398 e. The number of thiazole rings is 1. The quantitative estimate of drug-likeness (QED) is 0.767. The van der Waals surface area contributed by atoms with E-state index in [4.69, 9.17) is 5.73 Å². The van der Waals surface area contributed by atoms with Crippen LogP contribution in [0.25, 0.3) is 0 Å². The summed E-state index contributed by atoms with van der Waals surface area (Å²) in [5.74, 6) is 0. The summed E-state index contributed by atoms with van der Waals surface area (Å²) in [5.41, 5.74) is 8.03. The first-order valence-corrected chi connectivity index (χ1v) is 9.52. The molecule has 0 radical (unpaired) electrons. The number of hydrogen-bond acceptors (Lipinski definition) is 5. The molecular weight excluding hydrogens is 374 g/mol. The summed E-state index contributed by atoms with van der Waals surface area (Å²) < 4.78 is 28.5. The van der Waals surface area contributed by atoms with E-state index < -0.39 is 10.0 Å². The van der Waals surface area contributed by atoms with Gasteiger partial charge in [0.25, 0.3) is 10.0 Å². The number of anilines is 2. The number of nitrogens with two attached hydrogens (primary N) is 1. The smallest absolute Gasteiger partial charge is 0.264 e. The van der Waals surface area contributed by atoms with Crippen LogP contribution in [0.2, 0.25) is 0 Å². The summed E-state index contributed by atoms with van der Waals surface area (Å²) in [5, 5.41) is 0.324. The Balaban J connectivity index is 2.50. The van der Waals surface area contributed by atoms with Gasteiger partial charge in [-0.05, 0) is 52.0 Å². The molecule has 0 saturated carbocycles. The van der Waals surface area contributed by atoms with E-state index in [1.807, 2.05) is 19.9 Å². The summed E-state index contributed by atoms with van der Waals surface area (Å²) in [6, 6.07) is 3.51. The highest BCUT2D eigenvalue weighted by Gasteiger charge is 2.21. The number of hydrogen-bond donors (Lipinski definition) is 2. The SMILES string of the molecule is CCc1cc(N)c(CC)c(S(=O)(=O)Nc2ncc(Br)s2)c1. The van der Waals surface area contributed by atoms with Crippen LogP contribution in [-0.2, 0) is 22.9 Å². The summed E-state index contributed by atoms with van der Waals surface area (Å²) >= 11 is 4.48. The van der Waals surface area contributed by atoms with Crippen molar-refractivity contribution in [2.24, 2.45) is 0 Å². The first-order valence-electron chi connectivity index (χ1n) is 6.42. The number of sulfonamides is 1. The van der Waals surface area contributed by atoms with Crippen LogP contribution in [0.3, 0.4) is 0 Å². The maximum absolute atomic E-state index is 12.6. The van der Waals surface area contributed by atoms with Gasteiger partial charge in [-0.15, -0.1) is 0 Å². The molecule has 2 aromatic rings. The first-order chi connectivity index (χ1) is 9.87. The number of nitrogens with one attached hydrogen (secondary N) is 1. The molecule has 21 heavy (non-hydrogen) atoms. The summed E-state index contributed by atoms with van der Waals surface area (Å²) in [6.45, 7) is 3.85. The molecule has 1 aromatic carbocycles. The minimum absolute atomic E-state index is 0.230. The summed E-state index contributed by atoms with van der Waals surface area (Å²) in [4.78, 5) is 4.23. The average molecular weight is 390 g/mol. The molecule has 0 fully saturated rings. The van der Waals surface area contributed by atoms with Crippen molar-refractivity contribution in [1.29, 1.82) is 0 Å². The Kier molecular flexibility index (Phi) is 4.90. The average Bonchev–Trinajstić information content (AvgIpc) is 2.82. The second-order valence-electron chi connectivity index (χ2n) is 4.44. The fourth-order valence-corrected chi connectivity index (χ4v) is 4.76. The van der Waals surface area contributed by atoms with E-state index in [0.29, 0.717) is 22.8 Å². The Morgan fingerprint density at radius 2 is 2.05 bits per heavy atom. The zero-order valence-corrected chi connectivity index (χ0v) is 14.9. The molecule has 8 heteroatoms. The fraction of sp³-hybridized carbons (Fsp3) is 0.308. The Hall–Kier alpha value is -1.12. The van der Waals surface area contributed by atoms with Crippen molar-refractivity contribution < 1.29 is 8.42 Å². The van der Waals surface area contributed by atoms with Crippen LogP contribution in [0.5, 0.6) is 0 Å². The van der Waals surface area contributed by atoms with Gasteiger partial charge in [0.15, 0.2) is 5.13 Å². The monoisotopic (exact) mass is 389 g/mol. The largest absolute Gasteiger partial charge is 0.398 e. The van der Waals surface area contributed by atoms with Crippen LogP contribution >= 0.6 is 27.3 Å². The van der Waals surface area contributed by atoms with Crippen LogP contribution in [0.4, 0.5) is 10.8 Å². The Labute approximate surface area is 136 Å². The third-order valence-electron chi connectivity index (χ3n) is 3.05. The van der Waals surface area contributed by atoms with Crippen LogP contribution in [0.1, 0.15) is 25.0 Å². The first kappa shape index (κ1) is 16.3. The zero-order chi connectivity index (χ0) is 15.6. The molecule has 1 aromatic heterocycles. The topological polar surface area (TPSA) is 85.1 Å². The molecule has 0 saturated heterocycles. The molecule has 0 aliphatic rings. The maximum Gasteiger partial charge on any atom is 0.264 e. The Morgan fingerprint density at radius 1 is 1.33 bits per heavy atom. The van der Waals surface area contributed by atoms with Gasteiger partial charge in [-0.1, -0.05) is 25.2 Å². The molecule has 0 unspecified atom stereocenters. The molecule has 5 nitrogen and oxygen atoms in total. The third-order valence-corrected chi connectivity index (χ3v) is 5.98. The molecule has 0 bridgehead atoms. The van der Waals surface area contributed by atoms with Crippen molar-refractivity contribution in [1.82, 2.24) is 4.98 Å². The number of rotatable bonds is 5. The number of nitrogens with zero attached hydrogens (tertiary/aromatic N) is 1. The lowest BCUT2D eigenvalue weighted by Gasteiger charge is -2.14. The van der Waals surface area contributed by atoms with Crippen LogP contribution in [0.15, 0.2) is 27.0 Å². The van der Waals surface area contributed by atoms with E-state index in [2.05, 4.69) is 25.6 Å². The predicted molar refractivity (Wildman–Crippen MR) is 90.2 cm³/mol. The van der Waals surface area contributed by atoms with Gasteiger partial charge in [0.05, 0.1) is 14.9 Å². The van der Waals surface area contributed by atoms with E-state index in [9.17, 15) is 8.42 Å². The molecule has 1 heterocycles. The number of halogens is 1. The summed E-state index contributed by atoms with van der Waals surface area (Å²) in [6.07, 6.45) is 2.83. The van der Waals surface area contributed by atoms with Crippen molar-refractivity contribution in [2.45, 2.75) is 31.6 Å². The lowest BCUT2D eigenvalue weighted by molar-refractivity contribution is 0.600. The highest BCUT2D eigenvalue weighted by atomic mass is 79.9. The second-order valence-corrected chi connectivity index (χ2v) is 8.50. The standard InChI is InChI=1S/C13H16BrN3O2S2/c1-3-8-5-10(15)9(4-2)11(6-8)21(18,19)17-13-16-7-12(14)20-13/h5-7H,3-4,15H2,1-2H3,(H,16,17). The Morgan fingerprint density at radius 3 is 2.57 bits per heavy atom. The molecule has 0 spiro atoms. The van der Waals surface area contributed by atoms with E-state index in [1.54, 1.807) is 12.3 Å². The number of aromatic nitrogens is 1. The van der Waals surface area contributed by atoms with Crippen molar-refractivity contribution in [3.8, 4) is 0 Å². The third kappa shape index (κ3) is 3.56. The van der Waals surface area contributed by atoms with Crippen LogP contribution in [0, 0.1) is 0 Å². The van der Waals surface area contributed by atoms with Crippen molar-refractivity contribution >= 4 is 48.1 Å². The van der Waals surface area contributed by atoms with E-state index in [1.165, 1.54) is 11.3 Å². The van der Waals surface area contributed by atoms with Gasteiger partial charge in [-0.3, -0.25) is 4.72 Å². The predicted octanol–water partition coefficient (Wildman–Crippen LogP) is 3.41. The van der Waals surface area contributed by atoms with Crippen LogP contribution < -0.4 is 10.5 Å². The van der Waals surface area contributed by atoms with Gasteiger partial charge in [0.1, 0.15) is 0 Å². The number of nitrogen functional groups attached to an aromatic ring is 1. The maximum atomic E-state index is 12.6. The molecule has 2 rings (SSSR count). The minimum atomic E-state index is -3.70. The fourth-order valence-electron chi connectivity index (χ4n) is 2.02. The van der Waals surface area contributed by atoms with E-state index in [0.717, 1.165) is 15.8 Å². The van der Waals surface area contributed by atoms with Crippen LogP contribution in [-0.4, -0.2) is 13.4 Å². The van der Waals surface area contributed by atoms with Gasteiger partial charge in [-0.2, -0.15) is 0 Å². The van der Waals surface area contributed by atoms with Gasteiger partial charge in [0, 0.05) is 5.69 Å². The second kappa shape index (κ2) is 6.33. The van der Waals surface area contributed by atoms with Gasteiger partial charge in [0.2, 0.25) is 0 Å². The normalized spacial score (nSPS) is 11.6.